The zero-order valence-electron chi connectivity index (χ0n) is 10.6. The van der Waals surface area contributed by atoms with Gasteiger partial charge in [0.05, 0.1) is 23.1 Å². The fourth-order valence-electron chi connectivity index (χ4n) is 2.73. The van der Waals surface area contributed by atoms with Crippen LogP contribution in [0.2, 0.25) is 5.02 Å². The van der Waals surface area contributed by atoms with Gasteiger partial charge < -0.3 is 15.3 Å². The smallest absolute Gasteiger partial charge is 0.309 e. The van der Waals surface area contributed by atoms with Crippen LogP contribution in [0.5, 0.6) is 0 Å². The molecule has 3 N–H and O–H groups in total. The molecule has 1 fully saturated rings. The van der Waals surface area contributed by atoms with Crippen LogP contribution in [0.25, 0.3) is 11.0 Å². The van der Waals surface area contributed by atoms with Crippen LogP contribution in [0.4, 0.5) is 0 Å². The summed E-state index contributed by atoms with van der Waals surface area (Å²) in [6.07, 6.45) is 1.48. The quantitative estimate of drug-likeness (QED) is 0.847. The molecule has 2 aromatic rings. The van der Waals surface area contributed by atoms with E-state index in [0.29, 0.717) is 21.6 Å². The first-order valence-corrected chi connectivity index (χ1v) is 6.44. The van der Waals surface area contributed by atoms with E-state index >= 15 is 0 Å². The number of fused-ring (bicyclic) bond motifs is 1. The van der Waals surface area contributed by atoms with E-state index in [4.69, 9.17) is 26.9 Å². The summed E-state index contributed by atoms with van der Waals surface area (Å²) >= 11 is 6.05. The van der Waals surface area contributed by atoms with Crippen LogP contribution >= 0.6 is 11.6 Å². The molecule has 1 aromatic carbocycles. The minimum Gasteiger partial charge on any atom is -0.481 e. The molecule has 0 aliphatic heterocycles. The maximum absolute atomic E-state index is 12.4. The fourth-order valence-corrected chi connectivity index (χ4v) is 3.01. The van der Waals surface area contributed by atoms with Crippen molar-refractivity contribution >= 4 is 34.3 Å². The molecule has 3 rings (SSSR count). The Labute approximate surface area is 119 Å². The van der Waals surface area contributed by atoms with E-state index in [1.165, 1.54) is 12.3 Å². The van der Waals surface area contributed by atoms with Crippen molar-refractivity contribution in [3.05, 3.63) is 35.0 Å². The molecule has 1 aliphatic carbocycles. The van der Waals surface area contributed by atoms with Crippen LogP contribution < -0.4 is 5.73 Å². The monoisotopic (exact) mass is 293 g/mol. The van der Waals surface area contributed by atoms with Crippen LogP contribution in [0.3, 0.4) is 0 Å². The lowest BCUT2D eigenvalue weighted by molar-refractivity contribution is -0.139. The number of nitrogens with two attached hydrogens (primary N) is 1. The molecule has 0 radical (unpaired) electrons. The molecule has 0 amide bonds. The standard InChI is InChI=1S/C14H12ClNO4/c1-14(16)9(10(14)13(18)19)11(17)7-4-6-2-3-20-12(6)8(15)5-7/h2-5,9-10H,16H2,1H3,(H,18,19). The molecule has 0 saturated heterocycles. The summed E-state index contributed by atoms with van der Waals surface area (Å²) in [6, 6.07) is 4.82. The Bertz CT molecular complexity index is 734. The lowest BCUT2D eigenvalue weighted by atomic mass is 10.0. The number of benzene rings is 1. The number of halogens is 1. The van der Waals surface area contributed by atoms with Crippen molar-refractivity contribution < 1.29 is 19.1 Å². The van der Waals surface area contributed by atoms with Gasteiger partial charge in [0.1, 0.15) is 0 Å². The molecular weight excluding hydrogens is 282 g/mol. The average Bonchev–Trinajstić information content (AvgIpc) is 2.73. The molecule has 20 heavy (non-hydrogen) atoms. The third-order valence-electron chi connectivity index (χ3n) is 3.90. The molecule has 3 atom stereocenters. The molecule has 0 bridgehead atoms. The highest BCUT2D eigenvalue weighted by Gasteiger charge is 2.66. The van der Waals surface area contributed by atoms with Gasteiger partial charge in [-0.15, -0.1) is 0 Å². The molecule has 5 nitrogen and oxygen atoms in total. The Morgan fingerprint density at radius 1 is 1.40 bits per heavy atom. The SMILES string of the molecule is CC1(N)C(C(=O)O)C1C(=O)c1cc(Cl)c2occc2c1. The van der Waals surface area contributed by atoms with E-state index in [2.05, 4.69) is 0 Å². The summed E-state index contributed by atoms with van der Waals surface area (Å²) in [5.74, 6) is -2.93. The lowest BCUT2D eigenvalue weighted by Crippen LogP contribution is -2.25. The molecule has 1 saturated carbocycles. The van der Waals surface area contributed by atoms with Gasteiger partial charge >= 0.3 is 5.97 Å². The maximum Gasteiger partial charge on any atom is 0.309 e. The second kappa shape index (κ2) is 4.07. The molecule has 104 valence electrons. The van der Waals surface area contributed by atoms with Crippen LogP contribution in [-0.4, -0.2) is 22.4 Å². The Hall–Kier alpha value is -1.85. The van der Waals surface area contributed by atoms with Crippen molar-refractivity contribution in [2.24, 2.45) is 17.6 Å². The largest absolute Gasteiger partial charge is 0.481 e. The first kappa shape index (κ1) is 13.1. The molecule has 1 aromatic heterocycles. The second-order valence-corrected chi connectivity index (χ2v) is 5.73. The minimum atomic E-state index is -1.05. The third kappa shape index (κ3) is 1.74. The van der Waals surface area contributed by atoms with Gasteiger partial charge in [-0.3, -0.25) is 9.59 Å². The number of ketones is 1. The van der Waals surface area contributed by atoms with Crippen LogP contribution in [0.1, 0.15) is 17.3 Å². The van der Waals surface area contributed by atoms with E-state index in [9.17, 15) is 9.59 Å². The number of carbonyl (C=O) groups excluding carboxylic acids is 1. The van der Waals surface area contributed by atoms with E-state index in [1.807, 2.05) is 0 Å². The predicted molar refractivity (Wildman–Crippen MR) is 72.8 cm³/mol. The summed E-state index contributed by atoms with van der Waals surface area (Å²) in [4.78, 5) is 23.5. The normalized spacial score (nSPS) is 28.6. The number of carboxylic acids is 1. The van der Waals surface area contributed by atoms with Crippen molar-refractivity contribution in [2.45, 2.75) is 12.5 Å². The topological polar surface area (TPSA) is 93.5 Å². The summed E-state index contributed by atoms with van der Waals surface area (Å²) < 4.78 is 5.20. The molecule has 0 spiro atoms. The summed E-state index contributed by atoms with van der Waals surface area (Å²) in [7, 11) is 0. The molecule has 1 heterocycles. The molecule has 3 unspecified atom stereocenters. The van der Waals surface area contributed by atoms with Gasteiger partial charge in [-0.2, -0.15) is 0 Å². The maximum atomic E-state index is 12.4. The van der Waals surface area contributed by atoms with Crippen molar-refractivity contribution in [1.29, 1.82) is 0 Å². The van der Waals surface area contributed by atoms with Gasteiger partial charge in [0.15, 0.2) is 11.4 Å². The van der Waals surface area contributed by atoms with Gasteiger partial charge in [0, 0.05) is 16.5 Å². The highest BCUT2D eigenvalue weighted by molar-refractivity contribution is 6.35. The van der Waals surface area contributed by atoms with Crippen LogP contribution in [0, 0.1) is 11.8 Å². The zero-order valence-corrected chi connectivity index (χ0v) is 11.3. The number of hydrogen-bond donors (Lipinski definition) is 2. The van der Waals surface area contributed by atoms with Gasteiger partial charge in [0.2, 0.25) is 0 Å². The van der Waals surface area contributed by atoms with Gasteiger partial charge in [0.25, 0.3) is 0 Å². The third-order valence-corrected chi connectivity index (χ3v) is 4.18. The van der Waals surface area contributed by atoms with Crippen LogP contribution in [-0.2, 0) is 4.79 Å². The lowest BCUT2D eigenvalue weighted by Gasteiger charge is -2.04. The number of rotatable bonds is 3. The minimum absolute atomic E-state index is 0.299. The first-order valence-electron chi connectivity index (χ1n) is 6.06. The van der Waals surface area contributed by atoms with E-state index < -0.39 is 23.3 Å². The highest BCUT2D eigenvalue weighted by atomic mass is 35.5. The van der Waals surface area contributed by atoms with E-state index in [1.54, 1.807) is 19.1 Å². The molecule has 1 aliphatic rings. The molecular formula is C14H12ClNO4. The van der Waals surface area contributed by atoms with Gasteiger partial charge in [-0.05, 0) is 25.1 Å². The summed E-state index contributed by atoms with van der Waals surface area (Å²) in [5.41, 5.74) is 5.72. The summed E-state index contributed by atoms with van der Waals surface area (Å²) in [5, 5.41) is 10.1. The number of aliphatic carboxylic acids is 1. The Kier molecular flexibility index (Phi) is 2.68. The number of furan rings is 1. The number of hydrogen-bond acceptors (Lipinski definition) is 4. The zero-order chi connectivity index (χ0) is 14.7. The average molecular weight is 294 g/mol. The van der Waals surface area contributed by atoms with Crippen molar-refractivity contribution in [3.8, 4) is 0 Å². The van der Waals surface area contributed by atoms with E-state index in [0.717, 1.165) is 0 Å². The summed E-state index contributed by atoms with van der Waals surface area (Å²) in [6.45, 7) is 1.58. The van der Waals surface area contributed by atoms with Crippen molar-refractivity contribution in [3.63, 3.8) is 0 Å². The Morgan fingerprint density at radius 3 is 2.70 bits per heavy atom. The van der Waals surface area contributed by atoms with Crippen LogP contribution in [0.15, 0.2) is 28.9 Å². The fraction of sp³-hybridized carbons (Fsp3) is 0.286. The number of carboxylic acid groups (broad SMARTS) is 1. The molecule has 6 heteroatoms. The number of Topliss-reactive ketones (excluding diaryl/α,β-unsaturated/α-hetero) is 1. The first-order chi connectivity index (χ1) is 9.34. The second-order valence-electron chi connectivity index (χ2n) is 5.32. The van der Waals surface area contributed by atoms with Crippen molar-refractivity contribution in [1.82, 2.24) is 0 Å². The van der Waals surface area contributed by atoms with Crippen molar-refractivity contribution in [2.75, 3.05) is 0 Å². The number of carbonyl (C=O) groups is 2. The van der Waals surface area contributed by atoms with Gasteiger partial charge in [-0.1, -0.05) is 11.6 Å². The highest BCUT2D eigenvalue weighted by Crippen LogP contribution is 2.50. The van der Waals surface area contributed by atoms with Gasteiger partial charge in [-0.25, -0.2) is 0 Å². The Morgan fingerprint density at radius 2 is 2.10 bits per heavy atom. The Balaban J connectivity index is 2.00. The predicted octanol–water partition coefficient (Wildman–Crippen LogP) is 2.32. The van der Waals surface area contributed by atoms with E-state index in [-0.39, 0.29) is 5.78 Å².